The first-order valence-electron chi connectivity index (χ1n) is 3.26. The van der Waals surface area contributed by atoms with Gasteiger partial charge in [0.15, 0.2) is 0 Å². The maximum atomic E-state index is 8.72. The van der Waals surface area contributed by atoms with Crippen LogP contribution in [0.25, 0.3) is 10.2 Å². The molecule has 2 aromatic rings. The van der Waals surface area contributed by atoms with E-state index in [0.717, 1.165) is 14.7 Å². The number of nitrogens with zero attached hydrogens (tertiary/aromatic N) is 2. The van der Waals surface area contributed by atoms with Gasteiger partial charge in [0.2, 0.25) is 0 Å². The first-order chi connectivity index (χ1) is 5.83. The zero-order valence-electron chi connectivity index (χ0n) is 5.91. The van der Waals surface area contributed by atoms with Gasteiger partial charge < -0.3 is 0 Å². The lowest BCUT2D eigenvalue weighted by Gasteiger charge is -1.85. The molecule has 0 aliphatic heterocycles. The lowest BCUT2D eigenvalue weighted by atomic mass is 10.3. The summed E-state index contributed by atoms with van der Waals surface area (Å²) < 4.78 is 0.859. The van der Waals surface area contributed by atoms with E-state index in [0.29, 0.717) is 4.88 Å². The Hall–Kier alpha value is -0.920. The Labute approximate surface area is 81.6 Å². The molecule has 0 aliphatic carbocycles. The van der Waals surface area contributed by atoms with Crippen LogP contribution in [0.2, 0.25) is 0 Å². The number of thiophene rings is 1. The van der Waals surface area contributed by atoms with Gasteiger partial charge in [-0.25, -0.2) is 4.98 Å². The smallest absolute Gasteiger partial charge is 0.125 e. The van der Waals surface area contributed by atoms with Gasteiger partial charge in [0.05, 0.1) is 4.47 Å². The molecule has 0 fully saturated rings. The van der Waals surface area contributed by atoms with Crippen LogP contribution >= 0.6 is 27.3 Å². The van der Waals surface area contributed by atoms with Gasteiger partial charge in [-0.15, -0.1) is 11.3 Å². The van der Waals surface area contributed by atoms with Crippen LogP contribution in [0.15, 0.2) is 22.8 Å². The summed E-state index contributed by atoms with van der Waals surface area (Å²) in [5.74, 6) is 0. The Bertz CT molecular complexity index is 469. The van der Waals surface area contributed by atoms with E-state index >= 15 is 0 Å². The minimum Gasteiger partial charge on any atom is -0.245 e. The van der Waals surface area contributed by atoms with Crippen molar-refractivity contribution in [3.05, 3.63) is 27.7 Å². The molecule has 0 unspecified atom stereocenters. The Morgan fingerprint density at radius 1 is 1.58 bits per heavy atom. The molecule has 0 aliphatic rings. The number of pyridine rings is 1. The van der Waals surface area contributed by atoms with E-state index in [4.69, 9.17) is 5.26 Å². The Kier molecular flexibility index (Phi) is 1.83. The monoisotopic (exact) mass is 238 g/mol. The predicted molar refractivity (Wildman–Crippen MR) is 52.0 cm³/mol. The molecule has 0 bridgehead atoms. The van der Waals surface area contributed by atoms with Crippen LogP contribution in [0.3, 0.4) is 0 Å². The number of aromatic nitrogens is 1. The molecular formula is C8H3BrN2S. The molecule has 0 saturated carbocycles. The van der Waals surface area contributed by atoms with Crippen molar-refractivity contribution in [1.29, 1.82) is 5.26 Å². The second-order valence-electron chi connectivity index (χ2n) is 2.21. The number of hydrogen-bond donors (Lipinski definition) is 0. The SMILES string of the molecule is N#Cc1sc2ncccc2c1Br. The quantitative estimate of drug-likeness (QED) is 0.708. The largest absolute Gasteiger partial charge is 0.245 e. The number of rotatable bonds is 0. The number of fused-ring (bicyclic) bond motifs is 1. The van der Waals surface area contributed by atoms with Gasteiger partial charge in [0.25, 0.3) is 0 Å². The van der Waals surface area contributed by atoms with E-state index in [9.17, 15) is 0 Å². The highest BCUT2D eigenvalue weighted by Crippen LogP contribution is 2.33. The molecule has 4 heteroatoms. The zero-order chi connectivity index (χ0) is 8.55. The zero-order valence-corrected chi connectivity index (χ0v) is 8.32. The van der Waals surface area contributed by atoms with Crippen LogP contribution in [0.5, 0.6) is 0 Å². The van der Waals surface area contributed by atoms with Gasteiger partial charge in [0.1, 0.15) is 15.8 Å². The third-order valence-electron chi connectivity index (χ3n) is 1.51. The summed E-state index contributed by atoms with van der Waals surface area (Å²) in [6.45, 7) is 0. The van der Waals surface area contributed by atoms with E-state index in [-0.39, 0.29) is 0 Å². The van der Waals surface area contributed by atoms with Crippen molar-refractivity contribution < 1.29 is 0 Å². The molecule has 0 atom stereocenters. The Balaban J connectivity index is 2.90. The minimum absolute atomic E-state index is 0.684. The highest BCUT2D eigenvalue weighted by molar-refractivity contribution is 9.10. The fourth-order valence-electron chi connectivity index (χ4n) is 0.975. The fraction of sp³-hybridized carbons (Fsp3) is 0. The Morgan fingerprint density at radius 3 is 3.08 bits per heavy atom. The van der Waals surface area contributed by atoms with Crippen LogP contribution in [-0.2, 0) is 0 Å². The summed E-state index contributed by atoms with van der Waals surface area (Å²) in [5, 5.41) is 9.74. The van der Waals surface area contributed by atoms with Gasteiger partial charge in [-0.3, -0.25) is 0 Å². The van der Waals surface area contributed by atoms with Crippen molar-refractivity contribution in [3.8, 4) is 6.07 Å². The molecule has 2 nitrogen and oxygen atoms in total. The Morgan fingerprint density at radius 2 is 2.42 bits per heavy atom. The first-order valence-corrected chi connectivity index (χ1v) is 4.87. The molecule has 58 valence electrons. The minimum atomic E-state index is 0.684. The van der Waals surface area contributed by atoms with E-state index in [1.165, 1.54) is 11.3 Å². The van der Waals surface area contributed by atoms with Crippen molar-refractivity contribution in [2.75, 3.05) is 0 Å². The van der Waals surface area contributed by atoms with Gasteiger partial charge in [-0.1, -0.05) is 0 Å². The maximum absolute atomic E-state index is 8.72. The van der Waals surface area contributed by atoms with E-state index in [1.54, 1.807) is 6.20 Å². The number of halogens is 1. The van der Waals surface area contributed by atoms with Crippen LogP contribution in [-0.4, -0.2) is 4.98 Å². The van der Waals surface area contributed by atoms with Crippen molar-refractivity contribution in [3.63, 3.8) is 0 Å². The lowest BCUT2D eigenvalue weighted by Crippen LogP contribution is -1.68. The number of hydrogen-bond acceptors (Lipinski definition) is 3. The third-order valence-corrected chi connectivity index (χ3v) is 3.61. The lowest BCUT2D eigenvalue weighted by molar-refractivity contribution is 1.44. The molecule has 0 aromatic carbocycles. The van der Waals surface area contributed by atoms with Crippen LogP contribution in [0.4, 0.5) is 0 Å². The highest BCUT2D eigenvalue weighted by Gasteiger charge is 2.08. The second kappa shape index (κ2) is 2.85. The standard InChI is InChI=1S/C8H3BrN2S/c9-7-5-2-1-3-11-8(5)12-6(7)4-10/h1-3H. The fourth-order valence-corrected chi connectivity index (χ4v) is 2.59. The maximum Gasteiger partial charge on any atom is 0.125 e. The molecule has 0 saturated heterocycles. The highest BCUT2D eigenvalue weighted by atomic mass is 79.9. The number of nitriles is 1. The summed E-state index contributed by atoms with van der Waals surface area (Å²) in [5.41, 5.74) is 0. The first kappa shape index (κ1) is 7.71. The van der Waals surface area contributed by atoms with Gasteiger partial charge in [0, 0.05) is 11.6 Å². The molecule has 2 heterocycles. The van der Waals surface area contributed by atoms with Gasteiger partial charge in [-0.05, 0) is 28.1 Å². The molecule has 0 radical (unpaired) electrons. The summed E-state index contributed by atoms with van der Waals surface area (Å²) in [6, 6.07) is 5.93. The van der Waals surface area contributed by atoms with E-state index < -0.39 is 0 Å². The molecule has 0 amide bonds. The molecular weight excluding hydrogens is 236 g/mol. The van der Waals surface area contributed by atoms with Gasteiger partial charge >= 0.3 is 0 Å². The summed E-state index contributed by atoms with van der Waals surface area (Å²) >= 11 is 4.76. The molecule has 0 spiro atoms. The van der Waals surface area contributed by atoms with Crippen molar-refractivity contribution in [2.24, 2.45) is 0 Å². The van der Waals surface area contributed by atoms with Crippen molar-refractivity contribution in [2.45, 2.75) is 0 Å². The van der Waals surface area contributed by atoms with Crippen LogP contribution < -0.4 is 0 Å². The van der Waals surface area contributed by atoms with Gasteiger partial charge in [-0.2, -0.15) is 5.26 Å². The normalized spacial score (nSPS) is 10.0. The predicted octanol–water partition coefficient (Wildman–Crippen LogP) is 2.93. The summed E-state index contributed by atoms with van der Waals surface area (Å²) in [4.78, 5) is 5.74. The topological polar surface area (TPSA) is 36.7 Å². The van der Waals surface area contributed by atoms with E-state index in [2.05, 4.69) is 27.0 Å². The molecule has 2 aromatic heterocycles. The summed E-state index contributed by atoms with van der Waals surface area (Å²) in [7, 11) is 0. The molecule has 0 N–H and O–H groups in total. The van der Waals surface area contributed by atoms with Crippen LogP contribution in [0, 0.1) is 11.3 Å². The van der Waals surface area contributed by atoms with E-state index in [1.807, 2.05) is 12.1 Å². The average molecular weight is 239 g/mol. The van der Waals surface area contributed by atoms with Crippen molar-refractivity contribution >= 4 is 37.5 Å². The summed E-state index contributed by atoms with van der Waals surface area (Å²) in [6.07, 6.45) is 1.73. The van der Waals surface area contributed by atoms with Crippen LogP contribution in [0.1, 0.15) is 4.88 Å². The molecule has 12 heavy (non-hydrogen) atoms. The third kappa shape index (κ3) is 1.02. The van der Waals surface area contributed by atoms with Crippen molar-refractivity contribution in [1.82, 2.24) is 4.98 Å². The molecule has 2 rings (SSSR count). The average Bonchev–Trinajstić information content (AvgIpc) is 2.44. The second-order valence-corrected chi connectivity index (χ2v) is 4.01.